The van der Waals surface area contributed by atoms with Gasteiger partial charge in [0, 0.05) is 17.6 Å². The molecule has 0 amide bonds. The molecule has 2 nitrogen and oxygen atoms in total. The molecule has 1 aromatic heterocycles. The van der Waals surface area contributed by atoms with Gasteiger partial charge < -0.3 is 5.32 Å². The minimum Gasteiger partial charge on any atom is -0.370 e. The van der Waals surface area contributed by atoms with Crippen LogP contribution in [0, 0.1) is 12.8 Å². The molecular formula is C13H19ClN2. The predicted molar refractivity (Wildman–Crippen MR) is 69.1 cm³/mol. The normalized spacial score (nSPS) is 25.4. The van der Waals surface area contributed by atoms with E-state index in [0.29, 0.717) is 5.38 Å². The Balaban J connectivity index is 1.79. The third-order valence-corrected chi connectivity index (χ3v) is 3.67. The highest BCUT2D eigenvalue weighted by Gasteiger charge is 2.19. The highest BCUT2D eigenvalue weighted by atomic mass is 35.5. The van der Waals surface area contributed by atoms with E-state index in [0.717, 1.165) is 36.8 Å². The van der Waals surface area contributed by atoms with Crippen molar-refractivity contribution in [1.82, 2.24) is 4.98 Å². The highest BCUT2D eigenvalue weighted by molar-refractivity contribution is 6.20. The summed E-state index contributed by atoms with van der Waals surface area (Å²) in [5.41, 5.74) is 1.06. The van der Waals surface area contributed by atoms with Gasteiger partial charge in [0.05, 0.1) is 0 Å². The lowest BCUT2D eigenvalue weighted by atomic mass is 9.89. The van der Waals surface area contributed by atoms with Crippen LogP contribution < -0.4 is 5.32 Å². The Morgan fingerprint density at radius 3 is 2.75 bits per heavy atom. The summed E-state index contributed by atoms with van der Waals surface area (Å²) < 4.78 is 0. The molecule has 1 aliphatic carbocycles. The van der Waals surface area contributed by atoms with E-state index in [4.69, 9.17) is 11.6 Å². The molecule has 1 N–H and O–H groups in total. The smallest absolute Gasteiger partial charge is 0.126 e. The molecule has 0 atom stereocenters. The van der Waals surface area contributed by atoms with E-state index in [2.05, 4.69) is 10.3 Å². The van der Waals surface area contributed by atoms with Crippen LogP contribution in [0.3, 0.4) is 0 Å². The average molecular weight is 239 g/mol. The molecule has 2 rings (SSSR count). The Hall–Kier alpha value is -0.760. The minimum absolute atomic E-state index is 0.411. The van der Waals surface area contributed by atoms with E-state index in [-0.39, 0.29) is 0 Å². The molecule has 16 heavy (non-hydrogen) atoms. The Kier molecular flexibility index (Phi) is 4.05. The van der Waals surface area contributed by atoms with Crippen molar-refractivity contribution in [3.05, 3.63) is 23.9 Å². The maximum Gasteiger partial charge on any atom is 0.126 e. The van der Waals surface area contributed by atoms with Gasteiger partial charge in [-0.1, -0.05) is 6.07 Å². The monoisotopic (exact) mass is 238 g/mol. The van der Waals surface area contributed by atoms with E-state index in [1.54, 1.807) is 0 Å². The molecule has 1 heterocycles. The van der Waals surface area contributed by atoms with Gasteiger partial charge in [-0.2, -0.15) is 0 Å². The second-order valence-corrected chi connectivity index (χ2v) is 5.28. The molecule has 0 radical (unpaired) electrons. The van der Waals surface area contributed by atoms with Gasteiger partial charge in [-0.15, -0.1) is 11.6 Å². The lowest BCUT2D eigenvalue weighted by Gasteiger charge is -2.25. The zero-order valence-electron chi connectivity index (χ0n) is 9.75. The van der Waals surface area contributed by atoms with E-state index in [1.165, 1.54) is 12.8 Å². The summed E-state index contributed by atoms with van der Waals surface area (Å²) in [6.45, 7) is 3.05. The summed E-state index contributed by atoms with van der Waals surface area (Å²) in [7, 11) is 0. The summed E-state index contributed by atoms with van der Waals surface area (Å²) in [5, 5.41) is 3.83. The molecular weight excluding hydrogens is 220 g/mol. The molecule has 88 valence electrons. The topological polar surface area (TPSA) is 24.9 Å². The first-order valence-electron chi connectivity index (χ1n) is 6.05. The number of rotatable bonds is 3. The van der Waals surface area contributed by atoms with Crippen molar-refractivity contribution in [2.75, 3.05) is 11.9 Å². The molecule has 0 aliphatic heterocycles. The van der Waals surface area contributed by atoms with Crippen LogP contribution in [0.2, 0.25) is 0 Å². The van der Waals surface area contributed by atoms with E-state index in [1.807, 2.05) is 25.1 Å². The number of nitrogens with zero attached hydrogens (tertiary/aromatic N) is 1. The molecule has 1 aromatic rings. The molecule has 1 aliphatic rings. The molecule has 1 saturated carbocycles. The van der Waals surface area contributed by atoms with Gasteiger partial charge in [0.15, 0.2) is 0 Å². The van der Waals surface area contributed by atoms with Crippen LogP contribution in [0.25, 0.3) is 0 Å². The second kappa shape index (κ2) is 5.53. The lowest BCUT2D eigenvalue weighted by Crippen LogP contribution is -2.21. The first-order chi connectivity index (χ1) is 7.74. The average Bonchev–Trinajstić information content (AvgIpc) is 2.28. The fraction of sp³-hybridized carbons (Fsp3) is 0.615. The van der Waals surface area contributed by atoms with Crippen molar-refractivity contribution in [3.8, 4) is 0 Å². The van der Waals surface area contributed by atoms with Gasteiger partial charge in [-0.25, -0.2) is 4.98 Å². The summed E-state index contributed by atoms with van der Waals surface area (Å²) in [6.07, 6.45) is 4.81. The number of pyridine rings is 1. The van der Waals surface area contributed by atoms with Gasteiger partial charge in [0.25, 0.3) is 0 Å². The maximum atomic E-state index is 6.09. The van der Waals surface area contributed by atoms with Gasteiger partial charge in [0.1, 0.15) is 5.82 Å². The standard InChI is InChI=1S/C13H19ClN2/c1-10-3-2-4-13(16-10)15-9-11-5-7-12(14)8-6-11/h2-4,11-12H,5-9H2,1H3,(H,15,16). The number of halogens is 1. The lowest BCUT2D eigenvalue weighted by molar-refractivity contribution is 0.377. The quantitative estimate of drug-likeness (QED) is 0.814. The molecule has 0 spiro atoms. The Bertz CT molecular complexity index is 332. The van der Waals surface area contributed by atoms with Crippen LogP contribution in [0.1, 0.15) is 31.4 Å². The van der Waals surface area contributed by atoms with Crippen molar-refractivity contribution in [2.45, 2.75) is 38.0 Å². The van der Waals surface area contributed by atoms with Crippen LogP contribution in [-0.2, 0) is 0 Å². The summed E-state index contributed by atoms with van der Waals surface area (Å²) in [6, 6.07) is 6.09. The van der Waals surface area contributed by atoms with E-state index < -0.39 is 0 Å². The number of alkyl halides is 1. The summed E-state index contributed by atoms with van der Waals surface area (Å²) >= 11 is 6.09. The van der Waals surface area contributed by atoms with Crippen LogP contribution in [-0.4, -0.2) is 16.9 Å². The van der Waals surface area contributed by atoms with Crippen LogP contribution in [0.15, 0.2) is 18.2 Å². The zero-order chi connectivity index (χ0) is 11.4. The van der Waals surface area contributed by atoms with Crippen molar-refractivity contribution in [3.63, 3.8) is 0 Å². The number of anilines is 1. The number of nitrogens with one attached hydrogen (secondary N) is 1. The van der Waals surface area contributed by atoms with E-state index >= 15 is 0 Å². The van der Waals surface area contributed by atoms with Crippen molar-refractivity contribution < 1.29 is 0 Å². The van der Waals surface area contributed by atoms with Crippen molar-refractivity contribution in [1.29, 1.82) is 0 Å². The molecule has 0 bridgehead atoms. The van der Waals surface area contributed by atoms with Gasteiger partial charge in [-0.3, -0.25) is 0 Å². The Labute approximate surface area is 102 Å². The van der Waals surface area contributed by atoms with Crippen LogP contribution in [0.4, 0.5) is 5.82 Å². The fourth-order valence-electron chi connectivity index (χ4n) is 2.22. The molecule has 3 heteroatoms. The summed E-state index contributed by atoms with van der Waals surface area (Å²) in [4.78, 5) is 4.44. The first-order valence-corrected chi connectivity index (χ1v) is 6.49. The minimum atomic E-state index is 0.411. The Morgan fingerprint density at radius 2 is 2.06 bits per heavy atom. The number of hydrogen-bond donors (Lipinski definition) is 1. The number of hydrogen-bond acceptors (Lipinski definition) is 2. The fourth-order valence-corrected chi connectivity index (χ4v) is 2.47. The van der Waals surface area contributed by atoms with E-state index in [9.17, 15) is 0 Å². The maximum absolute atomic E-state index is 6.09. The van der Waals surface area contributed by atoms with Crippen LogP contribution >= 0.6 is 11.6 Å². The van der Waals surface area contributed by atoms with Crippen molar-refractivity contribution >= 4 is 17.4 Å². The predicted octanol–water partition coefficient (Wildman–Crippen LogP) is 3.60. The number of aromatic nitrogens is 1. The zero-order valence-corrected chi connectivity index (χ0v) is 10.5. The van der Waals surface area contributed by atoms with Gasteiger partial charge in [-0.05, 0) is 50.7 Å². The van der Waals surface area contributed by atoms with Crippen molar-refractivity contribution in [2.24, 2.45) is 5.92 Å². The molecule has 1 fully saturated rings. The third kappa shape index (κ3) is 3.38. The van der Waals surface area contributed by atoms with Gasteiger partial charge >= 0.3 is 0 Å². The first kappa shape index (κ1) is 11.7. The molecule has 0 saturated heterocycles. The number of aryl methyl sites for hydroxylation is 1. The second-order valence-electron chi connectivity index (χ2n) is 4.66. The van der Waals surface area contributed by atoms with Gasteiger partial charge in [0.2, 0.25) is 0 Å². The van der Waals surface area contributed by atoms with Crippen LogP contribution in [0.5, 0.6) is 0 Å². The third-order valence-electron chi connectivity index (χ3n) is 3.24. The largest absolute Gasteiger partial charge is 0.370 e. The molecule has 0 unspecified atom stereocenters. The summed E-state index contributed by atoms with van der Waals surface area (Å²) in [5.74, 6) is 1.75. The highest BCUT2D eigenvalue weighted by Crippen LogP contribution is 2.27. The Morgan fingerprint density at radius 1 is 1.31 bits per heavy atom. The molecule has 0 aromatic carbocycles. The SMILES string of the molecule is Cc1cccc(NCC2CCC(Cl)CC2)n1.